The SMILES string of the molecule is CCN(CC(=O)O)C(=O)C1CCCCC1(C)C. The summed E-state index contributed by atoms with van der Waals surface area (Å²) < 4.78 is 0. The molecule has 1 aliphatic rings. The summed E-state index contributed by atoms with van der Waals surface area (Å²) in [5.74, 6) is -0.941. The van der Waals surface area contributed by atoms with E-state index in [9.17, 15) is 9.59 Å². The van der Waals surface area contributed by atoms with Gasteiger partial charge in [-0.1, -0.05) is 26.7 Å². The number of aliphatic carboxylic acids is 1. The number of carboxylic acid groups (broad SMARTS) is 1. The van der Waals surface area contributed by atoms with Gasteiger partial charge in [-0.2, -0.15) is 0 Å². The molecule has 0 spiro atoms. The Balaban J connectivity index is 2.75. The molecular weight excluding hydrogens is 218 g/mol. The molecule has 98 valence electrons. The molecule has 1 atom stereocenters. The number of amides is 1. The van der Waals surface area contributed by atoms with Gasteiger partial charge in [0.05, 0.1) is 0 Å². The van der Waals surface area contributed by atoms with E-state index in [1.165, 1.54) is 11.3 Å². The number of hydrogen-bond acceptors (Lipinski definition) is 2. The molecule has 1 rings (SSSR count). The van der Waals surface area contributed by atoms with E-state index in [0.717, 1.165) is 19.3 Å². The van der Waals surface area contributed by atoms with Gasteiger partial charge in [0.25, 0.3) is 0 Å². The molecule has 1 saturated carbocycles. The third-order valence-corrected chi connectivity index (χ3v) is 3.82. The molecule has 1 unspecified atom stereocenters. The molecule has 4 heteroatoms. The Labute approximate surface area is 103 Å². The first-order chi connectivity index (χ1) is 7.88. The smallest absolute Gasteiger partial charge is 0.323 e. The van der Waals surface area contributed by atoms with Crippen molar-refractivity contribution < 1.29 is 14.7 Å². The van der Waals surface area contributed by atoms with Crippen LogP contribution in [0.3, 0.4) is 0 Å². The molecule has 0 heterocycles. The maximum Gasteiger partial charge on any atom is 0.323 e. The Morgan fingerprint density at radius 2 is 2.00 bits per heavy atom. The van der Waals surface area contributed by atoms with E-state index in [2.05, 4.69) is 13.8 Å². The highest BCUT2D eigenvalue weighted by Crippen LogP contribution is 2.41. The normalized spacial score (nSPS) is 23.1. The van der Waals surface area contributed by atoms with Crippen molar-refractivity contribution >= 4 is 11.9 Å². The van der Waals surface area contributed by atoms with Crippen molar-refractivity contribution in [2.75, 3.05) is 13.1 Å². The van der Waals surface area contributed by atoms with Crippen molar-refractivity contribution in [1.82, 2.24) is 4.90 Å². The third-order valence-electron chi connectivity index (χ3n) is 3.82. The monoisotopic (exact) mass is 241 g/mol. The molecule has 0 radical (unpaired) electrons. The van der Waals surface area contributed by atoms with E-state index >= 15 is 0 Å². The van der Waals surface area contributed by atoms with E-state index in [-0.39, 0.29) is 23.8 Å². The summed E-state index contributed by atoms with van der Waals surface area (Å²) in [5.41, 5.74) is 0.00125. The van der Waals surface area contributed by atoms with Crippen LogP contribution in [0.25, 0.3) is 0 Å². The number of likely N-dealkylation sites (N-methyl/N-ethyl adjacent to an activating group) is 1. The van der Waals surface area contributed by atoms with Crippen LogP contribution < -0.4 is 0 Å². The van der Waals surface area contributed by atoms with Gasteiger partial charge in [0.2, 0.25) is 5.91 Å². The number of nitrogens with zero attached hydrogens (tertiary/aromatic N) is 1. The standard InChI is InChI=1S/C13H23NO3/c1-4-14(9-11(15)16)12(17)10-7-5-6-8-13(10,2)3/h10H,4-9H2,1-3H3,(H,15,16). The second-order valence-electron chi connectivity index (χ2n) is 5.53. The molecule has 4 nitrogen and oxygen atoms in total. The summed E-state index contributed by atoms with van der Waals surface area (Å²) in [6.07, 6.45) is 4.18. The summed E-state index contributed by atoms with van der Waals surface area (Å²) >= 11 is 0. The average Bonchev–Trinajstić information content (AvgIpc) is 2.24. The first kappa shape index (κ1) is 14.0. The van der Waals surface area contributed by atoms with E-state index in [1.54, 1.807) is 0 Å². The van der Waals surface area contributed by atoms with Crippen LogP contribution in [-0.2, 0) is 9.59 Å². The molecular formula is C13H23NO3. The van der Waals surface area contributed by atoms with E-state index in [4.69, 9.17) is 5.11 Å². The Bertz CT molecular complexity index is 299. The van der Waals surface area contributed by atoms with Crippen molar-refractivity contribution in [1.29, 1.82) is 0 Å². The Morgan fingerprint density at radius 3 is 2.47 bits per heavy atom. The van der Waals surface area contributed by atoms with Gasteiger partial charge in [-0.05, 0) is 25.2 Å². The van der Waals surface area contributed by atoms with Gasteiger partial charge >= 0.3 is 5.97 Å². The minimum atomic E-state index is -0.936. The van der Waals surface area contributed by atoms with Gasteiger partial charge in [-0.15, -0.1) is 0 Å². The summed E-state index contributed by atoms with van der Waals surface area (Å²) in [6, 6.07) is 0. The number of carbonyl (C=O) groups excluding carboxylic acids is 1. The summed E-state index contributed by atoms with van der Waals surface area (Å²) in [4.78, 5) is 24.5. The highest BCUT2D eigenvalue weighted by molar-refractivity contribution is 5.83. The predicted molar refractivity (Wildman–Crippen MR) is 65.6 cm³/mol. The number of carboxylic acids is 1. The van der Waals surface area contributed by atoms with Gasteiger partial charge in [0, 0.05) is 12.5 Å². The lowest BCUT2D eigenvalue weighted by atomic mass is 9.68. The first-order valence-electron chi connectivity index (χ1n) is 6.39. The second kappa shape index (κ2) is 5.52. The quantitative estimate of drug-likeness (QED) is 0.820. The van der Waals surface area contributed by atoms with Crippen molar-refractivity contribution in [3.8, 4) is 0 Å². The lowest BCUT2D eigenvalue weighted by molar-refractivity contribution is -0.149. The van der Waals surface area contributed by atoms with Crippen LogP contribution >= 0.6 is 0 Å². The molecule has 0 aromatic heterocycles. The molecule has 0 aromatic carbocycles. The fourth-order valence-electron chi connectivity index (χ4n) is 2.68. The van der Waals surface area contributed by atoms with Crippen LogP contribution in [-0.4, -0.2) is 35.0 Å². The Kier molecular flexibility index (Phi) is 4.54. The zero-order valence-electron chi connectivity index (χ0n) is 11.0. The lowest BCUT2D eigenvalue weighted by Crippen LogP contribution is -2.45. The molecule has 1 fully saturated rings. The van der Waals surface area contributed by atoms with Gasteiger partial charge in [0.15, 0.2) is 0 Å². The van der Waals surface area contributed by atoms with Crippen LogP contribution in [0.15, 0.2) is 0 Å². The maximum atomic E-state index is 12.3. The van der Waals surface area contributed by atoms with Gasteiger partial charge in [-0.3, -0.25) is 9.59 Å². The fourth-order valence-corrected chi connectivity index (χ4v) is 2.68. The van der Waals surface area contributed by atoms with Crippen LogP contribution in [0.5, 0.6) is 0 Å². The summed E-state index contributed by atoms with van der Waals surface area (Å²) in [5, 5.41) is 8.80. The summed E-state index contributed by atoms with van der Waals surface area (Å²) in [6.45, 7) is 6.35. The van der Waals surface area contributed by atoms with Crippen LogP contribution in [0, 0.1) is 11.3 Å². The van der Waals surface area contributed by atoms with Crippen LogP contribution in [0.2, 0.25) is 0 Å². The van der Waals surface area contributed by atoms with Crippen molar-refractivity contribution in [2.45, 2.75) is 46.5 Å². The predicted octanol–water partition coefficient (Wildman–Crippen LogP) is 2.14. The van der Waals surface area contributed by atoms with Gasteiger partial charge < -0.3 is 10.0 Å². The lowest BCUT2D eigenvalue weighted by Gasteiger charge is -2.39. The minimum Gasteiger partial charge on any atom is -0.480 e. The van der Waals surface area contributed by atoms with E-state index < -0.39 is 5.97 Å². The van der Waals surface area contributed by atoms with Crippen molar-refractivity contribution in [3.63, 3.8) is 0 Å². The molecule has 0 bridgehead atoms. The second-order valence-corrected chi connectivity index (χ2v) is 5.53. The van der Waals surface area contributed by atoms with Gasteiger partial charge in [-0.25, -0.2) is 0 Å². The van der Waals surface area contributed by atoms with E-state index in [1.807, 2.05) is 6.92 Å². The molecule has 0 aliphatic heterocycles. The fraction of sp³-hybridized carbons (Fsp3) is 0.846. The van der Waals surface area contributed by atoms with E-state index in [0.29, 0.717) is 6.54 Å². The van der Waals surface area contributed by atoms with Crippen molar-refractivity contribution in [2.24, 2.45) is 11.3 Å². The summed E-state index contributed by atoms with van der Waals surface area (Å²) in [7, 11) is 0. The van der Waals surface area contributed by atoms with Gasteiger partial charge in [0.1, 0.15) is 6.54 Å². The Morgan fingerprint density at radius 1 is 1.35 bits per heavy atom. The van der Waals surface area contributed by atoms with Crippen LogP contribution in [0.4, 0.5) is 0 Å². The third kappa shape index (κ3) is 3.45. The number of hydrogen-bond donors (Lipinski definition) is 1. The highest BCUT2D eigenvalue weighted by atomic mass is 16.4. The molecule has 0 aromatic rings. The maximum absolute atomic E-state index is 12.3. The Hall–Kier alpha value is -1.06. The zero-order chi connectivity index (χ0) is 13.1. The number of rotatable bonds is 4. The zero-order valence-corrected chi connectivity index (χ0v) is 11.0. The molecule has 1 N–H and O–H groups in total. The molecule has 1 amide bonds. The number of carbonyl (C=O) groups is 2. The first-order valence-corrected chi connectivity index (χ1v) is 6.39. The highest BCUT2D eigenvalue weighted by Gasteiger charge is 2.39. The molecule has 1 aliphatic carbocycles. The van der Waals surface area contributed by atoms with Crippen molar-refractivity contribution in [3.05, 3.63) is 0 Å². The largest absolute Gasteiger partial charge is 0.480 e. The average molecular weight is 241 g/mol. The molecule has 17 heavy (non-hydrogen) atoms. The van der Waals surface area contributed by atoms with Crippen LogP contribution in [0.1, 0.15) is 46.5 Å². The molecule has 0 saturated heterocycles. The minimum absolute atomic E-state index is 0.00125. The topological polar surface area (TPSA) is 57.6 Å².